The largest absolute Gasteiger partial charge is 0.487 e. The highest BCUT2D eigenvalue weighted by Gasteiger charge is 2.39. The monoisotopic (exact) mass is 548 g/mol. The molecule has 1 heterocycles. The molecule has 0 unspecified atom stereocenters. The first-order chi connectivity index (χ1) is 17.4. The summed E-state index contributed by atoms with van der Waals surface area (Å²) in [5.74, 6) is -0.153. The van der Waals surface area contributed by atoms with Crippen molar-refractivity contribution in [3.8, 4) is 5.75 Å². The number of aryl methyl sites for hydroxylation is 1. The van der Waals surface area contributed by atoms with Crippen LogP contribution in [0.4, 0.5) is 0 Å². The Kier molecular flexibility index (Phi) is 8.16. The van der Waals surface area contributed by atoms with Gasteiger partial charge in [0.05, 0.1) is 18.0 Å². The Morgan fingerprint density at radius 1 is 1.19 bits per heavy atom. The molecular formula is C27H36N2O6S2. The Bertz CT molecular complexity index is 1370. The van der Waals surface area contributed by atoms with E-state index in [0.29, 0.717) is 0 Å². The van der Waals surface area contributed by atoms with Crippen LogP contribution in [0.3, 0.4) is 0 Å². The van der Waals surface area contributed by atoms with Crippen LogP contribution in [0.25, 0.3) is 5.57 Å². The molecule has 202 valence electrons. The smallest absolute Gasteiger partial charge is 0.247 e. The summed E-state index contributed by atoms with van der Waals surface area (Å²) in [6.07, 6.45) is 4.47. The lowest BCUT2D eigenvalue weighted by molar-refractivity contribution is 0.0904. The molecule has 2 aliphatic rings. The van der Waals surface area contributed by atoms with Crippen LogP contribution in [-0.4, -0.2) is 69.4 Å². The normalized spacial score (nSPS) is 23.0. The molecule has 0 bridgehead atoms. The predicted molar refractivity (Wildman–Crippen MR) is 143 cm³/mol. The Balaban J connectivity index is 1.74. The van der Waals surface area contributed by atoms with E-state index in [-0.39, 0.29) is 41.2 Å². The van der Waals surface area contributed by atoms with Crippen LogP contribution < -0.4 is 4.74 Å². The van der Waals surface area contributed by atoms with E-state index in [9.17, 15) is 21.9 Å². The van der Waals surface area contributed by atoms with Crippen LogP contribution >= 0.6 is 0 Å². The lowest BCUT2D eigenvalue weighted by Gasteiger charge is -2.37. The average molecular weight is 549 g/mol. The van der Waals surface area contributed by atoms with E-state index >= 15 is 0 Å². The first-order valence-corrected chi connectivity index (χ1v) is 15.5. The van der Waals surface area contributed by atoms with Crippen molar-refractivity contribution in [1.82, 2.24) is 8.61 Å². The first-order valence-electron chi connectivity index (χ1n) is 12.6. The standard InChI is InChI=1S/C27H36N2O6S2/c1-19-9-12-24(13-10-19)36(31,32)28(4)17-26-20(2)16-29(21(3)18-30)37(33,34)27-14-11-23(15-25(27)35-26)22-7-5-6-8-22/h7,9-15,20-21,26,30H,5-6,8,16-18H2,1-4H3/t20-,21-,26-/m1/s1. The van der Waals surface area contributed by atoms with Crippen molar-refractivity contribution in [2.24, 2.45) is 5.92 Å². The minimum absolute atomic E-state index is 0.0242. The Morgan fingerprint density at radius 3 is 2.51 bits per heavy atom. The van der Waals surface area contributed by atoms with Gasteiger partial charge in [0.15, 0.2) is 0 Å². The number of hydrogen-bond acceptors (Lipinski definition) is 6. The van der Waals surface area contributed by atoms with E-state index in [2.05, 4.69) is 6.08 Å². The van der Waals surface area contributed by atoms with E-state index in [1.165, 1.54) is 15.7 Å². The summed E-state index contributed by atoms with van der Waals surface area (Å²) in [4.78, 5) is 0.212. The lowest BCUT2D eigenvalue weighted by Crippen LogP contribution is -2.50. The summed E-state index contributed by atoms with van der Waals surface area (Å²) in [7, 11) is -6.23. The van der Waals surface area contributed by atoms with Gasteiger partial charge < -0.3 is 9.84 Å². The van der Waals surface area contributed by atoms with Gasteiger partial charge in [-0.3, -0.25) is 0 Å². The van der Waals surface area contributed by atoms with Crippen LogP contribution in [0.15, 0.2) is 58.3 Å². The van der Waals surface area contributed by atoms with Crippen molar-refractivity contribution in [3.63, 3.8) is 0 Å². The first kappa shape index (κ1) is 27.8. The van der Waals surface area contributed by atoms with Crippen molar-refractivity contribution >= 4 is 25.6 Å². The van der Waals surface area contributed by atoms with Gasteiger partial charge in [0.1, 0.15) is 16.7 Å². The second-order valence-corrected chi connectivity index (χ2v) is 14.0. The third-order valence-electron chi connectivity index (χ3n) is 7.25. The number of likely N-dealkylation sites (N-methyl/N-ethyl adjacent to an activating group) is 1. The number of allylic oxidation sites excluding steroid dienone is 2. The number of fused-ring (bicyclic) bond motifs is 1. The summed E-state index contributed by atoms with van der Waals surface area (Å²) in [5.41, 5.74) is 3.01. The highest BCUT2D eigenvalue weighted by atomic mass is 32.2. The average Bonchev–Trinajstić information content (AvgIpc) is 3.41. The number of nitrogens with zero attached hydrogens (tertiary/aromatic N) is 2. The maximum absolute atomic E-state index is 13.7. The SMILES string of the molecule is Cc1ccc(S(=O)(=O)N(C)C[C@H]2Oc3cc(C4=CCCC4)ccc3S(=O)(=O)N([C@H](C)CO)C[C@H]2C)cc1. The Hall–Kier alpha value is -2.24. The molecular weight excluding hydrogens is 512 g/mol. The van der Waals surface area contributed by atoms with Crippen molar-refractivity contribution in [2.75, 3.05) is 26.7 Å². The molecule has 2 aromatic rings. The molecule has 1 aliphatic carbocycles. The van der Waals surface area contributed by atoms with Gasteiger partial charge in [0, 0.05) is 25.6 Å². The van der Waals surface area contributed by atoms with E-state index < -0.39 is 32.2 Å². The maximum atomic E-state index is 13.7. The number of sulfonamides is 2. The molecule has 0 fully saturated rings. The molecule has 37 heavy (non-hydrogen) atoms. The zero-order valence-corrected chi connectivity index (χ0v) is 23.4. The van der Waals surface area contributed by atoms with Gasteiger partial charge >= 0.3 is 0 Å². The van der Waals surface area contributed by atoms with Crippen LogP contribution in [0.5, 0.6) is 5.75 Å². The van der Waals surface area contributed by atoms with Crippen LogP contribution in [0, 0.1) is 12.8 Å². The molecule has 0 aromatic heterocycles. The highest BCUT2D eigenvalue weighted by Crippen LogP contribution is 2.37. The molecule has 1 N–H and O–H groups in total. The van der Waals surface area contributed by atoms with Gasteiger partial charge in [-0.1, -0.05) is 36.8 Å². The van der Waals surface area contributed by atoms with Crippen molar-refractivity contribution in [2.45, 2.75) is 62.0 Å². The fourth-order valence-corrected chi connectivity index (χ4v) is 7.83. The summed E-state index contributed by atoms with van der Waals surface area (Å²) in [5, 5.41) is 9.83. The zero-order valence-electron chi connectivity index (χ0n) is 21.8. The van der Waals surface area contributed by atoms with Crippen LogP contribution in [0.1, 0.15) is 44.2 Å². The fraction of sp³-hybridized carbons (Fsp3) is 0.481. The molecule has 0 spiro atoms. The third kappa shape index (κ3) is 5.63. The van der Waals surface area contributed by atoms with E-state index in [1.807, 2.05) is 13.8 Å². The summed E-state index contributed by atoms with van der Waals surface area (Å²) < 4.78 is 62.9. The number of benzene rings is 2. The number of aliphatic hydroxyl groups is 1. The Labute approximate surface area is 220 Å². The van der Waals surface area contributed by atoms with Gasteiger partial charge in [-0.2, -0.15) is 8.61 Å². The maximum Gasteiger partial charge on any atom is 0.247 e. The molecule has 8 nitrogen and oxygen atoms in total. The van der Waals surface area contributed by atoms with E-state index in [4.69, 9.17) is 4.74 Å². The molecule has 0 radical (unpaired) electrons. The highest BCUT2D eigenvalue weighted by molar-refractivity contribution is 7.89. The summed E-state index contributed by atoms with van der Waals surface area (Å²) in [6, 6.07) is 11.1. The van der Waals surface area contributed by atoms with E-state index in [0.717, 1.165) is 36.0 Å². The topological polar surface area (TPSA) is 104 Å². The van der Waals surface area contributed by atoms with Gasteiger partial charge in [-0.15, -0.1) is 0 Å². The van der Waals surface area contributed by atoms with Gasteiger partial charge in [0.25, 0.3) is 0 Å². The number of rotatable bonds is 7. The van der Waals surface area contributed by atoms with Crippen molar-refractivity contribution in [3.05, 3.63) is 59.7 Å². The van der Waals surface area contributed by atoms with Crippen LogP contribution in [0.2, 0.25) is 0 Å². The second kappa shape index (κ2) is 10.9. The predicted octanol–water partition coefficient (Wildman–Crippen LogP) is 3.65. The zero-order chi connectivity index (χ0) is 27.0. The Morgan fingerprint density at radius 2 is 1.89 bits per heavy atom. The molecule has 1 aliphatic heterocycles. The number of ether oxygens (including phenoxy) is 1. The van der Waals surface area contributed by atoms with Crippen molar-refractivity contribution in [1.29, 1.82) is 0 Å². The molecule has 4 rings (SSSR count). The summed E-state index contributed by atoms with van der Waals surface area (Å²) >= 11 is 0. The molecule has 2 aromatic carbocycles. The second-order valence-electron chi connectivity index (χ2n) is 10.1. The minimum Gasteiger partial charge on any atom is -0.487 e. The molecule has 10 heteroatoms. The van der Waals surface area contributed by atoms with Gasteiger partial charge in [-0.25, -0.2) is 16.8 Å². The fourth-order valence-electron chi connectivity index (χ4n) is 4.82. The number of aliphatic hydroxyl groups excluding tert-OH is 1. The van der Waals surface area contributed by atoms with Gasteiger partial charge in [-0.05, 0) is 68.5 Å². The van der Waals surface area contributed by atoms with Crippen molar-refractivity contribution < 1.29 is 26.7 Å². The van der Waals surface area contributed by atoms with Crippen LogP contribution in [-0.2, 0) is 20.0 Å². The molecule has 3 atom stereocenters. The quantitative estimate of drug-likeness (QED) is 0.567. The third-order valence-corrected chi connectivity index (χ3v) is 11.1. The molecule has 0 amide bonds. The lowest BCUT2D eigenvalue weighted by atomic mass is 10.0. The van der Waals surface area contributed by atoms with Gasteiger partial charge in [0.2, 0.25) is 20.0 Å². The molecule has 0 saturated carbocycles. The minimum atomic E-state index is -3.96. The molecule has 0 saturated heterocycles. The summed E-state index contributed by atoms with van der Waals surface area (Å²) in [6.45, 7) is 5.18. The number of hydrogen-bond donors (Lipinski definition) is 1. The van der Waals surface area contributed by atoms with E-state index in [1.54, 1.807) is 49.4 Å².